The molecule has 132 valence electrons. The van der Waals surface area contributed by atoms with Crippen LogP contribution in [0.15, 0.2) is 0 Å². The maximum atomic E-state index is 12.1. The first-order chi connectivity index (χ1) is 10.2. The molecule has 1 aliphatic carbocycles. The second-order valence-electron chi connectivity index (χ2n) is 5.96. The van der Waals surface area contributed by atoms with Crippen LogP contribution in [-0.4, -0.2) is 51.5 Å². The fourth-order valence-electron chi connectivity index (χ4n) is 2.76. The molecule has 6 heteroatoms. The van der Waals surface area contributed by atoms with E-state index in [4.69, 9.17) is 9.47 Å². The zero-order chi connectivity index (χ0) is 15.5. The Labute approximate surface area is 141 Å². The Morgan fingerprint density at radius 1 is 1.27 bits per heavy atom. The number of halogens is 1. The maximum Gasteiger partial charge on any atom is 0.249 e. The van der Waals surface area contributed by atoms with E-state index in [-0.39, 0.29) is 30.5 Å². The Morgan fingerprint density at radius 3 is 2.68 bits per heavy atom. The summed E-state index contributed by atoms with van der Waals surface area (Å²) in [6.45, 7) is 7.15. The summed E-state index contributed by atoms with van der Waals surface area (Å²) in [5.41, 5.74) is 0. The summed E-state index contributed by atoms with van der Waals surface area (Å²) in [4.78, 5) is 12.1. The van der Waals surface area contributed by atoms with Crippen molar-refractivity contribution >= 4 is 18.3 Å². The van der Waals surface area contributed by atoms with Crippen LogP contribution >= 0.6 is 12.4 Å². The van der Waals surface area contributed by atoms with Crippen LogP contribution in [0.4, 0.5) is 0 Å². The molecule has 22 heavy (non-hydrogen) atoms. The zero-order valence-corrected chi connectivity index (χ0v) is 15.0. The number of methoxy groups -OCH3 is 1. The highest BCUT2D eigenvalue weighted by molar-refractivity contribution is 5.85. The maximum absolute atomic E-state index is 12.1. The van der Waals surface area contributed by atoms with Gasteiger partial charge in [0.2, 0.25) is 5.91 Å². The van der Waals surface area contributed by atoms with E-state index in [9.17, 15) is 4.79 Å². The van der Waals surface area contributed by atoms with Crippen LogP contribution < -0.4 is 10.6 Å². The number of hydrogen-bond acceptors (Lipinski definition) is 4. The number of carbonyl (C=O) groups excluding carboxylic acids is 1. The molecule has 1 fully saturated rings. The SMILES string of the molecule is CCC(OC1CCCC(C)C1)C(=O)NCCNCCOC.Cl. The number of carbonyl (C=O) groups is 1. The molecule has 0 aromatic rings. The molecule has 0 aliphatic heterocycles. The molecular weight excluding hydrogens is 304 g/mol. The van der Waals surface area contributed by atoms with Crippen LogP contribution in [0.1, 0.15) is 46.0 Å². The van der Waals surface area contributed by atoms with Crippen molar-refractivity contribution in [2.75, 3.05) is 33.4 Å². The summed E-state index contributed by atoms with van der Waals surface area (Å²) in [7, 11) is 1.68. The quantitative estimate of drug-likeness (QED) is 0.600. The van der Waals surface area contributed by atoms with Crippen molar-refractivity contribution in [2.24, 2.45) is 5.92 Å². The predicted molar refractivity (Wildman–Crippen MR) is 91.6 cm³/mol. The van der Waals surface area contributed by atoms with E-state index in [0.29, 0.717) is 19.1 Å². The largest absolute Gasteiger partial charge is 0.383 e. The first-order valence-corrected chi connectivity index (χ1v) is 8.30. The van der Waals surface area contributed by atoms with Crippen molar-refractivity contribution in [2.45, 2.75) is 58.2 Å². The van der Waals surface area contributed by atoms with Gasteiger partial charge >= 0.3 is 0 Å². The van der Waals surface area contributed by atoms with E-state index in [0.717, 1.165) is 32.4 Å². The van der Waals surface area contributed by atoms with Crippen LogP contribution in [0.2, 0.25) is 0 Å². The molecular formula is C16H33ClN2O3. The average molecular weight is 337 g/mol. The van der Waals surface area contributed by atoms with Gasteiger partial charge in [-0.15, -0.1) is 12.4 Å². The van der Waals surface area contributed by atoms with Gasteiger partial charge in [-0.1, -0.05) is 26.7 Å². The van der Waals surface area contributed by atoms with Crippen LogP contribution in [0.3, 0.4) is 0 Å². The van der Waals surface area contributed by atoms with Crippen molar-refractivity contribution in [3.05, 3.63) is 0 Å². The van der Waals surface area contributed by atoms with Gasteiger partial charge in [-0.3, -0.25) is 4.79 Å². The van der Waals surface area contributed by atoms with E-state index in [1.165, 1.54) is 12.8 Å². The lowest BCUT2D eigenvalue weighted by atomic mass is 9.88. The average Bonchev–Trinajstić information content (AvgIpc) is 2.48. The highest BCUT2D eigenvalue weighted by Gasteiger charge is 2.25. The Hall–Kier alpha value is -0.360. The highest BCUT2D eigenvalue weighted by atomic mass is 35.5. The lowest BCUT2D eigenvalue weighted by Gasteiger charge is -2.29. The fraction of sp³-hybridized carbons (Fsp3) is 0.938. The summed E-state index contributed by atoms with van der Waals surface area (Å²) in [6, 6.07) is 0. The Bertz CT molecular complexity index is 293. The Kier molecular flexibility index (Phi) is 12.9. The zero-order valence-electron chi connectivity index (χ0n) is 14.2. The molecule has 3 unspecified atom stereocenters. The fourth-order valence-corrected chi connectivity index (χ4v) is 2.76. The van der Waals surface area contributed by atoms with Gasteiger partial charge in [0.1, 0.15) is 6.10 Å². The lowest BCUT2D eigenvalue weighted by Crippen LogP contribution is -2.42. The molecule has 1 aliphatic rings. The number of rotatable bonds is 10. The third-order valence-corrected chi connectivity index (χ3v) is 3.99. The molecule has 0 saturated heterocycles. The number of hydrogen-bond donors (Lipinski definition) is 2. The lowest BCUT2D eigenvalue weighted by molar-refractivity contribution is -0.138. The normalized spacial score (nSPS) is 22.7. The van der Waals surface area contributed by atoms with E-state index < -0.39 is 0 Å². The third kappa shape index (κ3) is 8.93. The summed E-state index contributed by atoms with van der Waals surface area (Å²) in [6.07, 6.45) is 5.36. The predicted octanol–water partition coefficient (Wildman–Crippen LogP) is 2.13. The van der Waals surface area contributed by atoms with Gasteiger partial charge in [0.15, 0.2) is 0 Å². The Morgan fingerprint density at radius 2 is 2.05 bits per heavy atom. The van der Waals surface area contributed by atoms with E-state index in [1.807, 2.05) is 6.92 Å². The summed E-state index contributed by atoms with van der Waals surface area (Å²) >= 11 is 0. The molecule has 0 aromatic carbocycles. The van der Waals surface area contributed by atoms with Crippen molar-refractivity contribution in [1.82, 2.24) is 10.6 Å². The van der Waals surface area contributed by atoms with Gasteiger partial charge in [0, 0.05) is 26.7 Å². The molecule has 0 heterocycles. The van der Waals surface area contributed by atoms with Crippen LogP contribution in [-0.2, 0) is 14.3 Å². The van der Waals surface area contributed by atoms with Crippen LogP contribution in [0, 0.1) is 5.92 Å². The molecule has 2 N–H and O–H groups in total. The molecule has 0 aromatic heterocycles. The van der Waals surface area contributed by atoms with E-state index in [2.05, 4.69) is 17.6 Å². The van der Waals surface area contributed by atoms with Crippen LogP contribution in [0.5, 0.6) is 0 Å². The monoisotopic (exact) mass is 336 g/mol. The van der Waals surface area contributed by atoms with Crippen molar-refractivity contribution < 1.29 is 14.3 Å². The van der Waals surface area contributed by atoms with Crippen molar-refractivity contribution in [1.29, 1.82) is 0 Å². The first kappa shape index (κ1) is 21.6. The van der Waals surface area contributed by atoms with E-state index >= 15 is 0 Å². The molecule has 1 rings (SSSR count). The number of nitrogens with one attached hydrogen (secondary N) is 2. The second-order valence-corrected chi connectivity index (χ2v) is 5.96. The standard InChI is InChI=1S/C16H32N2O3.ClH/c1-4-15(21-14-7-5-6-13(2)12-14)16(19)18-9-8-17-10-11-20-3;/h13-15,17H,4-12H2,1-3H3,(H,18,19);1H. The molecule has 5 nitrogen and oxygen atoms in total. The first-order valence-electron chi connectivity index (χ1n) is 8.30. The van der Waals surface area contributed by atoms with Gasteiger partial charge in [-0.05, 0) is 25.2 Å². The summed E-state index contributed by atoms with van der Waals surface area (Å²) < 4.78 is 11.0. The summed E-state index contributed by atoms with van der Waals surface area (Å²) in [5, 5.41) is 6.15. The van der Waals surface area contributed by atoms with Gasteiger partial charge in [-0.25, -0.2) is 0 Å². The number of amides is 1. The van der Waals surface area contributed by atoms with Gasteiger partial charge < -0.3 is 20.1 Å². The minimum absolute atomic E-state index is 0. The van der Waals surface area contributed by atoms with Gasteiger partial charge in [0.05, 0.1) is 12.7 Å². The molecule has 1 amide bonds. The minimum Gasteiger partial charge on any atom is -0.383 e. The topological polar surface area (TPSA) is 59.6 Å². The second kappa shape index (κ2) is 13.1. The van der Waals surface area contributed by atoms with Crippen molar-refractivity contribution in [3.63, 3.8) is 0 Å². The van der Waals surface area contributed by atoms with Crippen molar-refractivity contribution in [3.8, 4) is 0 Å². The molecule has 1 saturated carbocycles. The third-order valence-electron chi connectivity index (χ3n) is 3.99. The molecule has 0 radical (unpaired) electrons. The van der Waals surface area contributed by atoms with Gasteiger partial charge in [-0.2, -0.15) is 0 Å². The van der Waals surface area contributed by atoms with Crippen LogP contribution in [0.25, 0.3) is 0 Å². The molecule has 0 bridgehead atoms. The highest BCUT2D eigenvalue weighted by Crippen LogP contribution is 2.26. The minimum atomic E-state index is -0.306. The molecule has 0 spiro atoms. The molecule has 3 atom stereocenters. The van der Waals surface area contributed by atoms with Gasteiger partial charge in [0.25, 0.3) is 0 Å². The number of ether oxygens (including phenoxy) is 2. The van der Waals surface area contributed by atoms with E-state index in [1.54, 1.807) is 7.11 Å². The summed E-state index contributed by atoms with van der Waals surface area (Å²) in [5.74, 6) is 0.735. The Balaban J connectivity index is 0.00000441. The smallest absolute Gasteiger partial charge is 0.249 e.